The van der Waals surface area contributed by atoms with E-state index in [-0.39, 0.29) is 11.9 Å². The molecule has 0 aromatic carbocycles. The largest absolute Gasteiger partial charge is 0.355 e. The summed E-state index contributed by atoms with van der Waals surface area (Å²) in [6.07, 6.45) is 0.370. The summed E-state index contributed by atoms with van der Waals surface area (Å²) in [6, 6.07) is -0.118. The van der Waals surface area contributed by atoms with Crippen LogP contribution in [0.15, 0.2) is 0 Å². The molecule has 7 nitrogen and oxygen atoms in total. The molecule has 15 heavy (non-hydrogen) atoms. The Kier molecular flexibility index (Phi) is 2.91. The van der Waals surface area contributed by atoms with Gasteiger partial charge in [-0.25, -0.2) is 0 Å². The fourth-order valence-electron chi connectivity index (χ4n) is 1.49. The molecule has 1 saturated heterocycles. The Morgan fingerprint density at radius 1 is 1.53 bits per heavy atom. The van der Waals surface area contributed by atoms with Gasteiger partial charge >= 0.3 is 0 Å². The maximum atomic E-state index is 11.3. The molecule has 0 saturated carbocycles. The highest BCUT2D eigenvalue weighted by Gasteiger charge is 2.22. The minimum absolute atomic E-state index is 0.0258. The molecule has 1 fully saturated rings. The highest BCUT2D eigenvalue weighted by molar-refractivity contribution is 5.76. The van der Waals surface area contributed by atoms with Gasteiger partial charge < -0.3 is 10.6 Å². The summed E-state index contributed by atoms with van der Waals surface area (Å²) < 4.78 is 0. The predicted molar refractivity (Wildman–Crippen MR) is 51.9 cm³/mol. The van der Waals surface area contributed by atoms with Gasteiger partial charge in [0.1, 0.15) is 0 Å². The minimum atomic E-state index is -0.118. The van der Waals surface area contributed by atoms with E-state index in [2.05, 4.69) is 26.0 Å². The van der Waals surface area contributed by atoms with Crippen molar-refractivity contribution >= 4 is 5.91 Å². The number of nitrogens with one attached hydrogen (secondary N) is 2. The second-order valence-electron chi connectivity index (χ2n) is 3.40. The van der Waals surface area contributed by atoms with Crippen LogP contribution in [0.3, 0.4) is 0 Å². The number of carbonyl (C=O) groups excluding carboxylic acids is 1. The van der Waals surface area contributed by atoms with Crippen LogP contribution in [0.25, 0.3) is 0 Å². The first-order valence-electron chi connectivity index (χ1n) is 5.07. The van der Waals surface area contributed by atoms with Gasteiger partial charge in [-0.2, -0.15) is 4.80 Å². The van der Waals surface area contributed by atoms with Crippen LogP contribution in [0.2, 0.25) is 0 Å². The molecule has 1 aromatic rings. The van der Waals surface area contributed by atoms with Crippen molar-refractivity contribution in [3.8, 4) is 0 Å². The maximum absolute atomic E-state index is 11.3. The van der Waals surface area contributed by atoms with Crippen LogP contribution in [-0.4, -0.2) is 39.2 Å². The van der Waals surface area contributed by atoms with Crippen LogP contribution < -0.4 is 10.6 Å². The molecule has 1 atom stereocenters. The molecule has 0 bridgehead atoms. The third-order valence-corrected chi connectivity index (χ3v) is 2.29. The normalized spacial score (nSPS) is 22.2. The van der Waals surface area contributed by atoms with Crippen molar-refractivity contribution in [1.82, 2.24) is 30.8 Å². The lowest BCUT2D eigenvalue weighted by atomic mass is 10.2. The lowest BCUT2D eigenvalue weighted by Gasteiger charge is -2.08. The number of carbonyl (C=O) groups is 1. The quantitative estimate of drug-likeness (QED) is 0.643. The third kappa shape index (κ3) is 2.30. The van der Waals surface area contributed by atoms with E-state index in [9.17, 15) is 4.79 Å². The Hall–Kier alpha value is -1.50. The summed E-state index contributed by atoms with van der Waals surface area (Å²) in [5.74, 6) is 0.617. The molecular formula is C8H14N6O. The van der Waals surface area contributed by atoms with Gasteiger partial charge in [-0.1, -0.05) is 0 Å². The van der Waals surface area contributed by atoms with Crippen LogP contribution >= 0.6 is 0 Å². The molecule has 0 radical (unpaired) electrons. The van der Waals surface area contributed by atoms with Gasteiger partial charge in [0.05, 0.1) is 12.6 Å². The number of aromatic nitrogens is 4. The van der Waals surface area contributed by atoms with E-state index in [0.717, 1.165) is 6.54 Å². The van der Waals surface area contributed by atoms with E-state index >= 15 is 0 Å². The molecule has 1 aliphatic rings. The monoisotopic (exact) mass is 210 g/mol. The molecular weight excluding hydrogens is 196 g/mol. The van der Waals surface area contributed by atoms with Gasteiger partial charge in [0.15, 0.2) is 5.82 Å². The van der Waals surface area contributed by atoms with Gasteiger partial charge in [-0.3, -0.25) is 4.79 Å². The van der Waals surface area contributed by atoms with E-state index in [0.29, 0.717) is 25.3 Å². The fraction of sp³-hybridized carbons (Fsp3) is 0.750. The molecule has 1 unspecified atom stereocenters. The lowest BCUT2D eigenvalue weighted by molar-refractivity contribution is -0.121. The SMILES string of the molecule is CCn1nnc(C2CC(=O)NCCN2)n1. The first kappa shape index (κ1) is 10.0. The molecule has 0 aliphatic carbocycles. The van der Waals surface area contributed by atoms with E-state index in [1.54, 1.807) is 0 Å². The summed E-state index contributed by atoms with van der Waals surface area (Å²) in [7, 11) is 0. The number of hydrogen-bond acceptors (Lipinski definition) is 5. The molecule has 1 aromatic heterocycles. The summed E-state index contributed by atoms with van der Waals surface area (Å²) in [4.78, 5) is 12.8. The van der Waals surface area contributed by atoms with Crippen molar-refractivity contribution in [2.24, 2.45) is 0 Å². The molecule has 82 valence electrons. The van der Waals surface area contributed by atoms with Crippen molar-refractivity contribution < 1.29 is 4.79 Å². The van der Waals surface area contributed by atoms with Crippen molar-refractivity contribution in [2.75, 3.05) is 13.1 Å². The van der Waals surface area contributed by atoms with Gasteiger partial charge in [0, 0.05) is 19.5 Å². The van der Waals surface area contributed by atoms with Crippen LogP contribution in [0.1, 0.15) is 25.2 Å². The third-order valence-electron chi connectivity index (χ3n) is 2.29. The van der Waals surface area contributed by atoms with E-state index in [1.807, 2.05) is 6.92 Å². The van der Waals surface area contributed by atoms with Gasteiger partial charge in [-0.15, -0.1) is 10.2 Å². The van der Waals surface area contributed by atoms with E-state index < -0.39 is 0 Å². The summed E-state index contributed by atoms with van der Waals surface area (Å²) in [5, 5.41) is 18.0. The molecule has 7 heteroatoms. The second-order valence-corrected chi connectivity index (χ2v) is 3.40. The zero-order chi connectivity index (χ0) is 10.7. The average Bonchev–Trinajstić information content (AvgIpc) is 2.61. The standard InChI is InChI=1S/C8H14N6O/c1-2-14-12-8(11-13-14)6-5-7(15)10-4-3-9-6/h6,9H,2-5H2,1H3,(H,10,15). The molecule has 1 aliphatic heterocycles. The molecule has 2 rings (SSSR count). The summed E-state index contributed by atoms with van der Waals surface area (Å²) >= 11 is 0. The number of amides is 1. The van der Waals surface area contributed by atoms with E-state index in [4.69, 9.17) is 0 Å². The number of hydrogen-bond donors (Lipinski definition) is 2. The Morgan fingerprint density at radius 3 is 3.13 bits per heavy atom. The van der Waals surface area contributed by atoms with Crippen LogP contribution in [0.5, 0.6) is 0 Å². The van der Waals surface area contributed by atoms with Gasteiger partial charge in [-0.05, 0) is 12.1 Å². The fourth-order valence-corrected chi connectivity index (χ4v) is 1.49. The molecule has 0 spiro atoms. The molecule has 2 heterocycles. The van der Waals surface area contributed by atoms with Crippen molar-refractivity contribution in [1.29, 1.82) is 0 Å². The number of aryl methyl sites for hydroxylation is 1. The Labute approximate surface area is 87.2 Å². The first-order valence-corrected chi connectivity index (χ1v) is 5.07. The average molecular weight is 210 g/mol. The van der Waals surface area contributed by atoms with Gasteiger partial charge in [0.2, 0.25) is 5.91 Å². The number of tetrazole rings is 1. The van der Waals surface area contributed by atoms with Crippen molar-refractivity contribution in [3.05, 3.63) is 5.82 Å². The number of rotatable bonds is 2. The molecule has 1 amide bonds. The Bertz CT molecular complexity index is 349. The van der Waals surface area contributed by atoms with Crippen molar-refractivity contribution in [3.63, 3.8) is 0 Å². The Morgan fingerprint density at radius 2 is 2.40 bits per heavy atom. The second kappa shape index (κ2) is 4.35. The summed E-state index contributed by atoms with van der Waals surface area (Å²) in [6.45, 7) is 4.01. The topological polar surface area (TPSA) is 84.7 Å². The van der Waals surface area contributed by atoms with Crippen LogP contribution in [0.4, 0.5) is 0 Å². The van der Waals surface area contributed by atoms with Crippen LogP contribution in [0, 0.1) is 0 Å². The first-order chi connectivity index (χ1) is 7.29. The highest BCUT2D eigenvalue weighted by atomic mass is 16.1. The minimum Gasteiger partial charge on any atom is -0.355 e. The smallest absolute Gasteiger partial charge is 0.222 e. The maximum Gasteiger partial charge on any atom is 0.222 e. The van der Waals surface area contributed by atoms with E-state index in [1.165, 1.54) is 4.80 Å². The Balaban J connectivity index is 2.10. The molecule has 2 N–H and O–H groups in total. The predicted octanol–water partition coefficient (Wildman–Crippen LogP) is -1.16. The zero-order valence-corrected chi connectivity index (χ0v) is 8.60. The number of nitrogens with zero attached hydrogens (tertiary/aromatic N) is 4. The van der Waals surface area contributed by atoms with Gasteiger partial charge in [0.25, 0.3) is 0 Å². The van der Waals surface area contributed by atoms with Crippen LogP contribution in [-0.2, 0) is 11.3 Å². The lowest BCUT2D eigenvalue weighted by Crippen LogP contribution is -2.25. The zero-order valence-electron chi connectivity index (χ0n) is 8.60. The highest BCUT2D eigenvalue weighted by Crippen LogP contribution is 2.12. The summed E-state index contributed by atoms with van der Waals surface area (Å²) in [5.41, 5.74) is 0. The van der Waals surface area contributed by atoms with Crippen molar-refractivity contribution in [2.45, 2.75) is 25.9 Å².